The quantitative estimate of drug-likeness (QED) is 0.853. The molecule has 0 bridgehead atoms. The van der Waals surface area contributed by atoms with Crippen LogP contribution in [0.15, 0.2) is 6.20 Å². The summed E-state index contributed by atoms with van der Waals surface area (Å²) in [6.07, 6.45) is 4.72. The lowest BCUT2D eigenvalue weighted by molar-refractivity contribution is -0.128. The molecule has 0 spiro atoms. The van der Waals surface area contributed by atoms with E-state index in [0.29, 0.717) is 24.8 Å². The van der Waals surface area contributed by atoms with Crippen LogP contribution >= 0.6 is 0 Å². The van der Waals surface area contributed by atoms with Crippen LogP contribution in [0.2, 0.25) is 0 Å². The first-order valence-corrected chi connectivity index (χ1v) is 6.15. The molecule has 94 valence electrons. The second-order valence-corrected chi connectivity index (χ2v) is 4.80. The third-order valence-corrected chi connectivity index (χ3v) is 3.46. The van der Waals surface area contributed by atoms with Gasteiger partial charge in [-0.1, -0.05) is 13.3 Å². The summed E-state index contributed by atoms with van der Waals surface area (Å²) in [5, 5.41) is 0. The number of nitrogens with two attached hydrogens (primary N) is 1. The molecule has 1 aliphatic rings. The number of hydrogen-bond acceptors (Lipinski definition) is 3. The molecule has 1 aromatic heterocycles. The Morgan fingerprint density at radius 2 is 2.35 bits per heavy atom. The van der Waals surface area contributed by atoms with E-state index in [-0.39, 0.29) is 5.91 Å². The average Bonchev–Trinajstić information content (AvgIpc) is 2.78. The minimum atomic E-state index is 0.253. The van der Waals surface area contributed by atoms with Crippen LogP contribution in [0, 0.1) is 5.92 Å². The van der Waals surface area contributed by atoms with Gasteiger partial charge in [-0.05, 0) is 12.3 Å². The SMILES string of the molecule is CCCC1CC(=O)N(Cc2cnc(N)n2C)C1. The Labute approximate surface area is 102 Å². The van der Waals surface area contributed by atoms with E-state index in [9.17, 15) is 4.79 Å². The largest absolute Gasteiger partial charge is 0.369 e. The summed E-state index contributed by atoms with van der Waals surface area (Å²) >= 11 is 0. The van der Waals surface area contributed by atoms with Crippen LogP contribution in [0.4, 0.5) is 5.95 Å². The highest BCUT2D eigenvalue weighted by Crippen LogP contribution is 2.23. The Balaban J connectivity index is 2.00. The first-order valence-electron chi connectivity index (χ1n) is 6.15. The lowest BCUT2D eigenvalue weighted by Gasteiger charge is -2.16. The molecule has 0 aliphatic carbocycles. The van der Waals surface area contributed by atoms with Gasteiger partial charge in [-0.25, -0.2) is 4.98 Å². The molecule has 5 heteroatoms. The maximum atomic E-state index is 11.8. The fraction of sp³-hybridized carbons (Fsp3) is 0.667. The van der Waals surface area contributed by atoms with E-state index in [2.05, 4.69) is 11.9 Å². The number of aromatic nitrogens is 2. The van der Waals surface area contributed by atoms with Gasteiger partial charge >= 0.3 is 0 Å². The highest BCUT2D eigenvalue weighted by Gasteiger charge is 2.29. The normalized spacial score (nSPS) is 20.2. The summed E-state index contributed by atoms with van der Waals surface area (Å²) in [6, 6.07) is 0. The van der Waals surface area contributed by atoms with Gasteiger partial charge < -0.3 is 15.2 Å². The molecule has 1 atom stereocenters. The second kappa shape index (κ2) is 4.77. The molecule has 5 nitrogen and oxygen atoms in total. The second-order valence-electron chi connectivity index (χ2n) is 4.80. The number of amides is 1. The lowest BCUT2D eigenvalue weighted by atomic mass is 10.0. The van der Waals surface area contributed by atoms with Crippen LogP contribution in [0.5, 0.6) is 0 Å². The van der Waals surface area contributed by atoms with Crippen molar-refractivity contribution >= 4 is 11.9 Å². The maximum Gasteiger partial charge on any atom is 0.223 e. The van der Waals surface area contributed by atoms with Crippen molar-refractivity contribution in [3.63, 3.8) is 0 Å². The van der Waals surface area contributed by atoms with Gasteiger partial charge in [-0.3, -0.25) is 4.79 Å². The Bertz CT molecular complexity index is 413. The molecule has 1 fully saturated rings. The third-order valence-electron chi connectivity index (χ3n) is 3.46. The number of carbonyl (C=O) groups is 1. The smallest absolute Gasteiger partial charge is 0.223 e. The van der Waals surface area contributed by atoms with Crippen LogP contribution < -0.4 is 5.73 Å². The third kappa shape index (κ3) is 2.43. The van der Waals surface area contributed by atoms with Gasteiger partial charge in [0, 0.05) is 20.0 Å². The Kier molecular flexibility index (Phi) is 3.36. The number of anilines is 1. The minimum Gasteiger partial charge on any atom is -0.369 e. The number of hydrogen-bond donors (Lipinski definition) is 1. The molecular formula is C12H20N4O. The van der Waals surface area contributed by atoms with Gasteiger partial charge in [0.25, 0.3) is 0 Å². The zero-order valence-corrected chi connectivity index (χ0v) is 10.5. The van der Waals surface area contributed by atoms with Crippen LogP contribution in [-0.2, 0) is 18.4 Å². The Morgan fingerprint density at radius 3 is 2.94 bits per heavy atom. The number of rotatable bonds is 4. The molecule has 2 rings (SSSR count). The van der Waals surface area contributed by atoms with Gasteiger partial charge in [-0.2, -0.15) is 0 Å². The summed E-state index contributed by atoms with van der Waals surface area (Å²) in [7, 11) is 1.88. The summed E-state index contributed by atoms with van der Waals surface area (Å²) in [5.41, 5.74) is 6.67. The molecule has 2 heterocycles. The van der Waals surface area contributed by atoms with Gasteiger partial charge in [-0.15, -0.1) is 0 Å². The van der Waals surface area contributed by atoms with Crippen LogP contribution in [0.3, 0.4) is 0 Å². The molecule has 1 aromatic rings. The van der Waals surface area contributed by atoms with Crippen LogP contribution in [-0.4, -0.2) is 26.9 Å². The van der Waals surface area contributed by atoms with E-state index >= 15 is 0 Å². The molecule has 0 radical (unpaired) electrons. The number of imidazole rings is 1. The average molecular weight is 236 g/mol. The maximum absolute atomic E-state index is 11.8. The standard InChI is InChI=1S/C12H20N4O/c1-3-4-9-5-11(17)16(7-9)8-10-6-14-12(13)15(10)2/h6,9H,3-5,7-8H2,1-2H3,(H2,13,14). The van der Waals surface area contributed by atoms with Crippen molar-refractivity contribution in [2.24, 2.45) is 13.0 Å². The fourth-order valence-corrected chi connectivity index (χ4v) is 2.41. The molecule has 1 saturated heterocycles. The van der Waals surface area contributed by atoms with Crippen molar-refractivity contribution in [3.8, 4) is 0 Å². The highest BCUT2D eigenvalue weighted by molar-refractivity contribution is 5.78. The summed E-state index contributed by atoms with van der Waals surface area (Å²) in [5.74, 6) is 1.28. The van der Waals surface area contributed by atoms with Crippen molar-refractivity contribution in [1.29, 1.82) is 0 Å². The first kappa shape index (κ1) is 12.0. The first-order chi connectivity index (χ1) is 8.11. The fourth-order valence-electron chi connectivity index (χ4n) is 2.41. The van der Waals surface area contributed by atoms with Crippen LogP contribution in [0.1, 0.15) is 31.9 Å². The van der Waals surface area contributed by atoms with E-state index in [1.807, 2.05) is 16.5 Å². The van der Waals surface area contributed by atoms with Gasteiger partial charge in [0.1, 0.15) is 0 Å². The zero-order chi connectivity index (χ0) is 12.4. The summed E-state index contributed by atoms with van der Waals surface area (Å²) in [4.78, 5) is 17.8. The molecular weight excluding hydrogens is 216 g/mol. The van der Waals surface area contributed by atoms with Crippen molar-refractivity contribution in [1.82, 2.24) is 14.5 Å². The predicted molar refractivity (Wildman–Crippen MR) is 66.1 cm³/mol. The summed E-state index contributed by atoms with van der Waals surface area (Å²) in [6.45, 7) is 3.66. The van der Waals surface area contributed by atoms with E-state index in [1.54, 1.807) is 6.20 Å². The number of likely N-dealkylation sites (tertiary alicyclic amines) is 1. The number of carbonyl (C=O) groups excluding carboxylic acids is 1. The lowest BCUT2D eigenvalue weighted by Crippen LogP contribution is -2.25. The van der Waals surface area contributed by atoms with Crippen molar-refractivity contribution in [2.75, 3.05) is 12.3 Å². The monoisotopic (exact) mass is 236 g/mol. The van der Waals surface area contributed by atoms with Gasteiger partial charge in [0.2, 0.25) is 5.91 Å². The molecule has 1 aliphatic heterocycles. The molecule has 2 N–H and O–H groups in total. The van der Waals surface area contributed by atoms with E-state index < -0.39 is 0 Å². The Hall–Kier alpha value is -1.52. The zero-order valence-electron chi connectivity index (χ0n) is 10.5. The number of nitrogens with zero attached hydrogens (tertiary/aromatic N) is 3. The molecule has 0 saturated carbocycles. The van der Waals surface area contributed by atoms with Crippen molar-refractivity contribution in [2.45, 2.75) is 32.7 Å². The number of nitrogen functional groups attached to an aromatic ring is 1. The predicted octanol–water partition coefficient (Wildman–Crippen LogP) is 1.15. The van der Waals surface area contributed by atoms with Gasteiger partial charge in [0.15, 0.2) is 5.95 Å². The van der Waals surface area contributed by atoms with E-state index in [1.165, 1.54) is 0 Å². The Morgan fingerprint density at radius 1 is 1.59 bits per heavy atom. The summed E-state index contributed by atoms with van der Waals surface area (Å²) < 4.78 is 1.83. The molecule has 0 aromatic carbocycles. The minimum absolute atomic E-state index is 0.253. The van der Waals surface area contributed by atoms with Gasteiger partial charge in [0.05, 0.1) is 18.4 Å². The van der Waals surface area contributed by atoms with E-state index in [4.69, 9.17) is 5.73 Å². The van der Waals surface area contributed by atoms with Crippen molar-refractivity contribution in [3.05, 3.63) is 11.9 Å². The van der Waals surface area contributed by atoms with Crippen molar-refractivity contribution < 1.29 is 4.79 Å². The molecule has 1 unspecified atom stereocenters. The topological polar surface area (TPSA) is 64.2 Å². The van der Waals surface area contributed by atoms with Crippen LogP contribution in [0.25, 0.3) is 0 Å². The van der Waals surface area contributed by atoms with E-state index in [0.717, 1.165) is 25.1 Å². The molecule has 17 heavy (non-hydrogen) atoms. The highest BCUT2D eigenvalue weighted by atomic mass is 16.2. The molecule has 1 amide bonds.